The van der Waals surface area contributed by atoms with Crippen LogP contribution in [0.4, 0.5) is 4.39 Å². The summed E-state index contributed by atoms with van der Waals surface area (Å²) in [6.45, 7) is 1.42. The standard InChI is InChI=1S/C13H13FN2O3/c1-7(13(18)19)16(2)12(17)11-6-8-5-9(14)3-4-10(8)15-11/h3-7,15H,1-2H3,(H,18,19)/t7-/m0/s1. The average molecular weight is 264 g/mol. The van der Waals surface area contributed by atoms with E-state index in [0.29, 0.717) is 10.9 Å². The van der Waals surface area contributed by atoms with Gasteiger partial charge in [0.25, 0.3) is 5.91 Å². The fraction of sp³-hybridized carbons (Fsp3) is 0.231. The number of carbonyl (C=O) groups excluding carboxylic acids is 1. The number of hydrogen-bond acceptors (Lipinski definition) is 2. The second-order valence-corrected chi connectivity index (χ2v) is 4.34. The van der Waals surface area contributed by atoms with E-state index in [1.54, 1.807) is 0 Å². The Bertz CT molecular complexity index is 650. The number of nitrogens with zero attached hydrogens (tertiary/aromatic N) is 1. The fourth-order valence-electron chi connectivity index (χ4n) is 1.75. The van der Waals surface area contributed by atoms with Gasteiger partial charge < -0.3 is 15.0 Å². The number of carboxylic acid groups (broad SMARTS) is 1. The van der Waals surface area contributed by atoms with E-state index in [2.05, 4.69) is 4.98 Å². The summed E-state index contributed by atoms with van der Waals surface area (Å²) in [5.41, 5.74) is 0.859. The van der Waals surface area contributed by atoms with Crippen LogP contribution in [-0.4, -0.2) is 40.0 Å². The lowest BCUT2D eigenvalue weighted by Crippen LogP contribution is -2.40. The van der Waals surface area contributed by atoms with Crippen LogP contribution in [-0.2, 0) is 4.79 Å². The molecule has 0 aliphatic carbocycles. The van der Waals surface area contributed by atoms with Crippen molar-refractivity contribution < 1.29 is 19.1 Å². The van der Waals surface area contributed by atoms with Crippen LogP contribution in [0.2, 0.25) is 0 Å². The Labute approximate surface area is 108 Å². The Morgan fingerprint density at radius 2 is 2.05 bits per heavy atom. The second-order valence-electron chi connectivity index (χ2n) is 4.34. The van der Waals surface area contributed by atoms with E-state index < -0.39 is 23.7 Å². The Balaban J connectivity index is 2.33. The lowest BCUT2D eigenvalue weighted by molar-refractivity contribution is -0.141. The van der Waals surface area contributed by atoms with Gasteiger partial charge in [-0.2, -0.15) is 0 Å². The minimum atomic E-state index is -1.09. The van der Waals surface area contributed by atoms with E-state index in [0.717, 1.165) is 4.90 Å². The van der Waals surface area contributed by atoms with Crippen LogP contribution in [0.1, 0.15) is 17.4 Å². The van der Waals surface area contributed by atoms with Gasteiger partial charge in [-0.25, -0.2) is 9.18 Å². The van der Waals surface area contributed by atoms with E-state index in [4.69, 9.17) is 5.11 Å². The van der Waals surface area contributed by atoms with Crippen molar-refractivity contribution in [3.8, 4) is 0 Å². The summed E-state index contributed by atoms with van der Waals surface area (Å²) in [7, 11) is 1.41. The molecule has 0 fully saturated rings. The van der Waals surface area contributed by atoms with Crippen molar-refractivity contribution in [2.75, 3.05) is 7.05 Å². The summed E-state index contributed by atoms with van der Waals surface area (Å²) >= 11 is 0. The summed E-state index contributed by atoms with van der Waals surface area (Å²) in [5.74, 6) is -1.93. The molecule has 100 valence electrons. The van der Waals surface area contributed by atoms with Gasteiger partial charge in [-0.05, 0) is 31.2 Å². The van der Waals surface area contributed by atoms with Gasteiger partial charge in [-0.1, -0.05) is 0 Å². The fourth-order valence-corrected chi connectivity index (χ4v) is 1.75. The van der Waals surface area contributed by atoms with Gasteiger partial charge in [0.1, 0.15) is 17.6 Å². The Kier molecular flexibility index (Phi) is 3.25. The number of carboxylic acids is 1. The summed E-state index contributed by atoms with van der Waals surface area (Å²) in [5, 5.41) is 9.44. The number of nitrogens with one attached hydrogen (secondary N) is 1. The summed E-state index contributed by atoms with van der Waals surface area (Å²) in [6, 6.07) is 4.70. The molecule has 19 heavy (non-hydrogen) atoms. The highest BCUT2D eigenvalue weighted by Gasteiger charge is 2.23. The van der Waals surface area contributed by atoms with Crippen LogP contribution in [0, 0.1) is 5.82 Å². The van der Waals surface area contributed by atoms with Gasteiger partial charge in [0.05, 0.1) is 0 Å². The molecule has 5 nitrogen and oxygen atoms in total. The minimum Gasteiger partial charge on any atom is -0.480 e. The van der Waals surface area contributed by atoms with Crippen LogP contribution in [0.5, 0.6) is 0 Å². The molecular formula is C13H13FN2O3. The number of hydrogen-bond donors (Lipinski definition) is 2. The molecule has 0 radical (unpaired) electrons. The maximum absolute atomic E-state index is 13.1. The Hall–Kier alpha value is -2.37. The van der Waals surface area contributed by atoms with Crippen LogP contribution < -0.4 is 0 Å². The number of H-pyrrole nitrogens is 1. The lowest BCUT2D eigenvalue weighted by atomic mass is 10.2. The zero-order valence-corrected chi connectivity index (χ0v) is 10.5. The highest BCUT2D eigenvalue weighted by Crippen LogP contribution is 2.18. The first kappa shape index (κ1) is 13.1. The van der Waals surface area contributed by atoms with Crippen LogP contribution >= 0.6 is 0 Å². The molecule has 2 aromatic rings. The number of likely N-dealkylation sites (N-methyl/N-ethyl adjacent to an activating group) is 1. The molecule has 1 aromatic heterocycles. The van der Waals surface area contributed by atoms with Gasteiger partial charge >= 0.3 is 5.97 Å². The lowest BCUT2D eigenvalue weighted by Gasteiger charge is -2.20. The summed E-state index contributed by atoms with van der Waals surface area (Å²) in [6.07, 6.45) is 0. The third-order valence-electron chi connectivity index (χ3n) is 3.07. The van der Waals surface area contributed by atoms with E-state index >= 15 is 0 Å². The average Bonchev–Trinajstić information content (AvgIpc) is 2.78. The molecule has 0 spiro atoms. The highest BCUT2D eigenvalue weighted by atomic mass is 19.1. The second kappa shape index (κ2) is 4.72. The van der Waals surface area contributed by atoms with Crippen LogP contribution in [0.25, 0.3) is 10.9 Å². The summed E-state index contributed by atoms with van der Waals surface area (Å²) < 4.78 is 13.1. The third-order valence-corrected chi connectivity index (χ3v) is 3.07. The van der Waals surface area contributed by atoms with Crippen molar-refractivity contribution in [2.24, 2.45) is 0 Å². The maximum atomic E-state index is 13.1. The van der Waals surface area contributed by atoms with E-state index in [1.165, 1.54) is 38.2 Å². The zero-order valence-electron chi connectivity index (χ0n) is 10.5. The molecule has 1 amide bonds. The molecule has 2 N–H and O–H groups in total. The first-order chi connectivity index (χ1) is 8.90. The number of halogens is 1. The molecule has 1 atom stereocenters. The minimum absolute atomic E-state index is 0.233. The normalized spacial score (nSPS) is 12.4. The van der Waals surface area contributed by atoms with Crippen molar-refractivity contribution in [3.63, 3.8) is 0 Å². The van der Waals surface area contributed by atoms with E-state index in [1.807, 2.05) is 0 Å². The Morgan fingerprint density at radius 1 is 1.37 bits per heavy atom. The zero-order chi connectivity index (χ0) is 14.2. The van der Waals surface area contributed by atoms with Gasteiger partial charge in [0, 0.05) is 18.0 Å². The molecule has 0 aliphatic heterocycles. The largest absolute Gasteiger partial charge is 0.480 e. The first-order valence-corrected chi connectivity index (χ1v) is 5.68. The number of aromatic nitrogens is 1. The molecule has 2 rings (SSSR count). The highest BCUT2D eigenvalue weighted by molar-refractivity contribution is 5.99. The molecule has 6 heteroatoms. The molecule has 1 aromatic carbocycles. The molecular weight excluding hydrogens is 251 g/mol. The number of aromatic amines is 1. The number of carbonyl (C=O) groups is 2. The quantitative estimate of drug-likeness (QED) is 0.888. The maximum Gasteiger partial charge on any atom is 0.326 e. The molecule has 0 saturated carbocycles. The van der Waals surface area contributed by atoms with Crippen molar-refractivity contribution in [3.05, 3.63) is 35.8 Å². The predicted octanol–water partition coefficient (Wildman–Crippen LogP) is 1.85. The first-order valence-electron chi connectivity index (χ1n) is 5.68. The predicted molar refractivity (Wildman–Crippen MR) is 67.4 cm³/mol. The smallest absolute Gasteiger partial charge is 0.326 e. The van der Waals surface area contributed by atoms with E-state index in [9.17, 15) is 14.0 Å². The van der Waals surface area contributed by atoms with Crippen molar-refractivity contribution >= 4 is 22.8 Å². The van der Waals surface area contributed by atoms with Crippen molar-refractivity contribution in [2.45, 2.75) is 13.0 Å². The number of rotatable bonds is 3. The third kappa shape index (κ3) is 2.42. The number of fused-ring (bicyclic) bond motifs is 1. The monoisotopic (exact) mass is 264 g/mol. The van der Waals surface area contributed by atoms with Gasteiger partial charge in [0.2, 0.25) is 0 Å². The molecule has 0 unspecified atom stereocenters. The number of amides is 1. The van der Waals surface area contributed by atoms with Crippen molar-refractivity contribution in [1.29, 1.82) is 0 Å². The van der Waals surface area contributed by atoms with E-state index in [-0.39, 0.29) is 5.69 Å². The molecule has 0 saturated heterocycles. The molecule has 0 aliphatic rings. The van der Waals surface area contributed by atoms with Gasteiger partial charge in [-0.15, -0.1) is 0 Å². The number of aliphatic carboxylic acids is 1. The van der Waals surface area contributed by atoms with Crippen molar-refractivity contribution in [1.82, 2.24) is 9.88 Å². The van der Waals surface area contributed by atoms with Crippen LogP contribution in [0.3, 0.4) is 0 Å². The van der Waals surface area contributed by atoms with Gasteiger partial charge in [0.15, 0.2) is 0 Å². The number of benzene rings is 1. The Morgan fingerprint density at radius 3 is 2.68 bits per heavy atom. The summed E-state index contributed by atoms with van der Waals surface area (Å²) in [4.78, 5) is 26.9. The van der Waals surface area contributed by atoms with Gasteiger partial charge in [-0.3, -0.25) is 4.79 Å². The van der Waals surface area contributed by atoms with Crippen LogP contribution in [0.15, 0.2) is 24.3 Å². The molecule has 1 heterocycles. The molecule has 0 bridgehead atoms. The SMILES string of the molecule is C[C@@H](C(=O)O)N(C)C(=O)c1cc2cc(F)ccc2[nH]1. The topological polar surface area (TPSA) is 73.4 Å².